The zero-order valence-corrected chi connectivity index (χ0v) is 18.4. The highest BCUT2D eigenvalue weighted by Crippen LogP contribution is 2.47. The summed E-state index contributed by atoms with van der Waals surface area (Å²) in [5, 5.41) is 30.8. The molecule has 6 unspecified atom stereocenters. The number of ether oxygens (including phenoxy) is 1. The second-order valence-electron chi connectivity index (χ2n) is 8.80. The van der Waals surface area contributed by atoms with Crippen molar-refractivity contribution in [1.29, 1.82) is 0 Å². The molecule has 30 heavy (non-hydrogen) atoms. The van der Waals surface area contributed by atoms with Crippen molar-refractivity contribution in [2.75, 3.05) is 19.8 Å². The van der Waals surface area contributed by atoms with E-state index in [1.54, 1.807) is 0 Å². The first-order valence-electron chi connectivity index (χ1n) is 11.7. The van der Waals surface area contributed by atoms with Gasteiger partial charge in [0, 0.05) is 13.0 Å². The van der Waals surface area contributed by atoms with Gasteiger partial charge in [0.2, 0.25) is 5.91 Å². The molecule has 0 aromatic rings. The van der Waals surface area contributed by atoms with Gasteiger partial charge >= 0.3 is 0 Å². The van der Waals surface area contributed by atoms with Gasteiger partial charge in [-0.3, -0.25) is 4.79 Å². The van der Waals surface area contributed by atoms with E-state index in [2.05, 4.69) is 30.5 Å². The van der Waals surface area contributed by atoms with Gasteiger partial charge in [-0.2, -0.15) is 0 Å². The zero-order valence-electron chi connectivity index (χ0n) is 18.4. The lowest BCUT2D eigenvalue weighted by Crippen LogP contribution is -2.33. The lowest BCUT2D eigenvalue weighted by molar-refractivity contribution is -0.121. The van der Waals surface area contributed by atoms with Crippen LogP contribution in [0.25, 0.3) is 0 Å². The van der Waals surface area contributed by atoms with E-state index in [4.69, 9.17) is 9.84 Å². The fraction of sp³-hybridized carbons (Fsp3) is 0.792. The third-order valence-corrected chi connectivity index (χ3v) is 6.33. The molecular formula is C24H41NO5. The number of unbranched alkanes of at least 4 members (excludes halogenated alkanes) is 3. The molecule has 2 rings (SSSR count). The van der Waals surface area contributed by atoms with Crippen molar-refractivity contribution in [3.63, 3.8) is 0 Å². The monoisotopic (exact) mass is 423 g/mol. The molecule has 1 amide bonds. The minimum absolute atomic E-state index is 0.0949. The fourth-order valence-electron chi connectivity index (χ4n) is 4.55. The summed E-state index contributed by atoms with van der Waals surface area (Å²) in [6.45, 7) is 2.77. The van der Waals surface area contributed by atoms with Crippen LogP contribution in [-0.2, 0) is 9.53 Å². The molecule has 4 N–H and O–H groups in total. The molecule has 172 valence electrons. The first-order valence-corrected chi connectivity index (χ1v) is 11.7. The van der Waals surface area contributed by atoms with Crippen molar-refractivity contribution >= 4 is 5.91 Å². The zero-order chi connectivity index (χ0) is 21.8. The average molecular weight is 424 g/mol. The quantitative estimate of drug-likeness (QED) is 0.240. The maximum Gasteiger partial charge on any atom is 0.220 e. The molecular weight excluding hydrogens is 382 g/mol. The number of rotatable bonds is 15. The summed E-state index contributed by atoms with van der Waals surface area (Å²) in [6.07, 6.45) is 16.1. The molecule has 1 saturated heterocycles. The summed E-state index contributed by atoms with van der Waals surface area (Å²) >= 11 is 0. The standard InChI is InChI=1S/C24H41NO5/c1-2-3-6-9-19(27)12-13-21-18-14-23(30-17-18)22(21)10-7-4-5-8-11-24(29)25-15-20(28)16-26/h4,7,12-13,18-23,26-28H,2-3,5-6,8-11,14-17H2,1H3,(H,25,29). The van der Waals surface area contributed by atoms with Gasteiger partial charge in [-0.05, 0) is 49.9 Å². The molecule has 6 heteroatoms. The average Bonchev–Trinajstić information content (AvgIpc) is 3.35. The van der Waals surface area contributed by atoms with Gasteiger partial charge in [0.1, 0.15) is 0 Å². The van der Waals surface area contributed by atoms with E-state index in [-0.39, 0.29) is 25.2 Å². The number of amides is 1. The van der Waals surface area contributed by atoms with Crippen LogP contribution in [0.2, 0.25) is 0 Å². The van der Waals surface area contributed by atoms with E-state index in [1.807, 2.05) is 6.08 Å². The number of fused-ring (bicyclic) bond motifs is 2. The number of carbonyl (C=O) groups excluding carboxylic acids is 1. The minimum Gasteiger partial charge on any atom is -0.394 e. The van der Waals surface area contributed by atoms with Crippen molar-refractivity contribution in [2.45, 2.75) is 83.0 Å². The molecule has 2 bridgehead atoms. The number of hydrogen-bond acceptors (Lipinski definition) is 5. The van der Waals surface area contributed by atoms with Crippen molar-refractivity contribution in [3.05, 3.63) is 24.3 Å². The number of aliphatic hydroxyl groups excluding tert-OH is 3. The largest absolute Gasteiger partial charge is 0.394 e. The third-order valence-electron chi connectivity index (χ3n) is 6.33. The number of nitrogens with one attached hydrogen (secondary N) is 1. The van der Waals surface area contributed by atoms with Gasteiger partial charge in [0.25, 0.3) is 0 Å². The van der Waals surface area contributed by atoms with Crippen LogP contribution in [-0.4, -0.2) is 59.3 Å². The lowest BCUT2D eigenvalue weighted by atomic mass is 9.85. The second-order valence-corrected chi connectivity index (χ2v) is 8.80. The van der Waals surface area contributed by atoms with E-state index in [0.29, 0.717) is 30.3 Å². The van der Waals surface area contributed by atoms with Gasteiger partial charge in [-0.25, -0.2) is 0 Å². The van der Waals surface area contributed by atoms with E-state index in [9.17, 15) is 15.0 Å². The molecule has 6 nitrogen and oxygen atoms in total. The number of allylic oxidation sites excluding steroid dienone is 3. The molecule has 1 heterocycles. The molecule has 0 aromatic heterocycles. The lowest BCUT2D eigenvalue weighted by Gasteiger charge is -2.28. The molecule has 1 saturated carbocycles. The highest BCUT2D eigenvalue weighted by molar-refractivity contribution is 5.75. The van der Waals surface area contributed by atoms with Crippen LogP contribution in [0, 0.1) is 17.8 Å². The first kappa shape index (κ1) is 25.1. The van der Waals surface area contributed by atoms with E-state index in [0.717, 1.165) is 45.1 Å². The summed E-state index contributed by atoms with van der Waals surface area (Å²) in [6, 6.07) is 0. The number of hydrogen-bond donors (Lipinski definition) is 4. The Labute approximate surface area is 181 Å². The van der Waals surface area contributed by atoms with Crippen LogP contribution in [0.5, 0.6) is 0 Å². The summed E-state index contributed by atoms with van der Waals surface area (Å²) in [5.74, 6) is 1.44. The Morgan fingerprint density at radius 3 is 2.83 bits per heavy atom. The molecule has 0 radical (unpaired) electrons. The van der Waals surface area contributed by atoms with Crippen LogP contribution < -0.4 is 5.32 Å². The highest BCUT2D eigenvalue weighted by Gasteiger charge is 2.46. The summed E-state index contributed by atoms with van der Waals surface area (Å²) in [7, 11) is 0. The van der Waals surface area contributed by atoms with Gasteiger partial charge < -0.3 is 25.4 Å². The molecule has 2 fully saturated rings. The normalized spacial score (nSPS) is 27.9. The third kappa shape index (κ3) is 8.50. The van der Waals surface area contributed by atoms with E-state index in [1.165, 1.54) is 12.8 Å². The van der Waals surface area contributed by atoms with Crippen LogP contribution in [0.15, 0.2) is 24.3 Å². The van der Waals surface area contributed by atoms with Crippen LogP contribution in [0.1, 0.15) is 64.7 Å². The van der Waals surface area contributed by atoms with Crippen LogP contribution in [0.4, 0.5) is 0 Å². The first-order chi connectivity index (χ1) is 14.5. The summed E-state index contributed by atoms with van der Waals surface area (Å²) in [5.41, 5.74) is 0. The molecule has 1 aliphatic carbocycles. The Morgan fingerprint density at radius 1 is 1.23 bits per heavy atom. The van der Waals surface area contributed by atoms with Crippen molar-refractivity contribution < 1.29 is 24.9 Å². The molecule has 0 aromatic carbocycles. The van der Waals surface area contributed by atoms with Crippen molar-refractivity contribution in [3.8, 4) is 0 Å². The topological polar surface area (TPSA) is 99.0 Å². The van der Waals surface area contributed by atoms with E-state index < -0.39 is 6.10 Å². The minimum atomic E-state index is -0.891. The van der Waals surface area contributed by atoms with Gasteiger partial charge in [0.05, 0.1) is 31.5 Å². The molecule has 0 spiro atoms. The van der Waals surface area contributed by atoms with Crippen LogP contribution >= 0.6 is 0 Å². The Morgan fingerprint density at radius 2 is 2.07 bits per heavy atom. The van der Waals surface area contributed by atoms with E-state index >= 15 is 0 Å². The Balaban J connectivity index is 1.68. The highest BCUT2D eigenvalue weighted by atomic mass is 16.5. The van der Waals surface area contributed by atoms with Gasteiger partial charge in [0.15, 0.2) is 0 Å². The Bertz CT molecular complexity index is 550. The molecule has 1 aliphatic heterocycles. The Kier molecular flexibility index (Phi) is 11.7. The maximum atomic E-state index is 11.7. The van der Waals surface area contributed by atoms with Crippen molar-refractivity contribution in [2.24, 2.45) is 17.8 Å². The predicted octanol–water partition coefficient (Wildman–Crippen LogP) is 2.72. The van der Waals surface area contributed by atoms with Crippen LogP contribution in [0.3, 0.4) is 0 Å². The van der Waals surface area contributed by atoms with Gasteiger partial charge in [-0.15, -0.1) is 0 Å². The van der Waals surface area contributed by atoms with Crippen molar-refractivity contribution in [1.82, 2.24) is 5.32 Å². The Hall–Kier alpha value is -1.21. The molecule has 2 aliphatic rings. The molecule has 6 atom stereocenters. The number of aliphatic hydroxyl groups is 3. The maximum absolute atomic E-state index is 11.7. The smallest absolute Gasteiger partial charge is 0.220 e. The fourth-order valence-corrected chi connectivity index (χ4v) is 4.55. The second kappa shape index (κ2) is 14.0. The summed E-state index contributed by atoms with van der Waals surface area (Å²) < 4.78 is 5.92. The summed E-state index contributed by atoms with van der Waals surface area (Å²) in [4.78, 5) is 11.7. The SMILES string of the molecule is CCCCCC(O)C=CC1C2COC(C2)C1CC=CCCCC(=O)NCC(O)CO. The number of carbonyl (C=O) groups is 1. The predicted molar refractivity (Wildman–Crippen MR) is 118 cm³/mol. The van der Waals surface area contributed by atoms with Gasteiger partial charge in [-0.1, -0.05) is 50.5 Å².